The van der Waals surface area contributed by atoms with Gasteiger partial charge in [0.2, 0.25) is 0 Å². The van der Waals surface area contributed by atoms with Crippen LogP contribution in [0.15, 0.2) is 42.7 Å². The van der Waals surface area contributed by atoms with Crippen LogP contribution in [0.3, 0.4) is 0 Å². The summed E-state index contributed by atoms with van der Waals surface area (Å²) in [5.41, 5.74) is -0.379. The van der Waals surface area contributed by atoms with Gasteiger partial charge >= 0.3 is 0 Å². The first kappa shape index (κ1) is 15.3. The number of carbonyl (C=O) groups is 2. The molecule has 23 heavy (non-hydrogen) atoms. The number of amides is 2. The summed E-state index contributed by atoms with van der Waals surface area (Å²) in [6.07, 6.45) is 3.29. The third-order valence-electron chi connectivity index (χ3n) is 3.55. The lowest BCUT2D eigenvalue weighted by Gasteiger charge is -2.33. The molecule has 1 atom stereocenters. The van der Waals surface area contributed by atoms with Crippen LogP contribution in [0.5, 0.6) is 5.75 Å². The predicted octanol–water partition coefficient (Wildman–Crippen LogP) is 2.14. The lowest BCUT2D eigenvalue weighted by molar-refractivity contribution is -0.146. The molecule has 3 rings (SSSR count). The Morgan fingerprint density at radius 2 is 2.26 bits per heavy atom. The van der Waals surface area contributed by atoms with Crippen molar-refractivity contribution < 1.29 is 14.3 Å². The van der Waals surface area contributed by atoms with Gasteiger partial charge in [-0.25, -0.2) is 0 Å². The molecular formula is C16H14ClN3O3. The van der Waals surface area contributed by atoms with E-state index in [4.69, 9.17) is 16.3 Å². The number of ether oxygens (including phenoxy) is 1. The Kier molecular flexibility index (Phi) is 3.92. The molecule has 2 aromatic rings. The molecule has 1 aromatic heterocycles. The number of halogens is 1. The number of carbonyl (C=O) groups excluding carboxylic acids is 2. The van der Waals surface area contributed by atoms with E-state index in [2.05, 4.69) is 15.6 Å². The monoisotopic (exact) mass is 331 g/mol. The average molecular weight is 332 g/mol. The quantitative estimate of drug-likeness (QED) is 0.844. The van der Waals surface area contributed by atoms with Crippen LogP contribution >= 0.6 is 11.6 Å². The molecular weight excluding hydrogens is 318 g/mol. The number of rotatable bonds is 3. The number of aromatic nitrogens is 1. The molecule has 6 nitrogen and oxygen atoms in total. The molecule has 0 bridgehead atoms. The van der Waals surface area contributed by atoms with Gasteiger partial charge in [0.1, 0.15) is 5.75 Å². The first-order valence-corrected chi connectivity index (χ1v) is 7.34. The molecule has 2 heterocycles. The summed E-state index contributed by atoms with van der Waals surface area (Å²) in [4.78, 5) is 28.7. The van der Waals surface area contributed by atoms with Gasteiger partial charge in [-0.2, -0.15) is 0 Å². The number of nitrogens with zero attached hydrogens (tertiary/aromatic N) is 1. The average Bonchev–Trinajstić information content (AvgIpc) is 2.55. The molecule has 118 valence electrons. The molecule has 0 aliphatic carbocycles. The minimum Gasteiger partial charge on any atom is -0.466 e. The molecule has 1 aromatic carbocycles. The van der Waals surface area contributed by atoms with Crippen LogP contribution in [-0.2, 0) is 16.1 Å². The maximum absolute atomic E-state index is 12.4. The summed E-state index contributed by atoms with van der Waals surface area (Å²) in [5, 5.41) is 5.81. The zero-order chi connectivity index (χ0) is 16.4. The van der Waals surface area contributed by atoms with Crippen LogP contribution in [0.2, 0.25) is 5.02 Å². The summed E-state index contributed by atoms with van der Waals surface area (Å²) in [6, 6.07) is 8.42. The molecule has 7 heteroatoms. The Bertz CT molecular complexity index is 766. The highest BCUT2D eigenvalue weighted by molar-refractivity contribution is 6.31. The second-order valence-corrected chi connectivity index (χ2v) is 5.71. The summed E-state index contributed by atoms with van der Waals surface area (Å²) < 4.78 is 5.64. The maximum Gasteiger partial charge on any atom is 0.278 e. The van der Waals surface area contributed by atoms with Gasteiger partial charge in [-0.1, -0.05) is 17.7 Å². The van der Waals surface area contributed by atoms with Gasteiger partial charge in [-0.3, -0.25) is 14.6 Å². The molecule has 1 aliphatic heterocycles. The van der Waals surface area contributed by atoms with E-state index >= 15 is 0 Å². The van der Waals surface area contributed by atoms with Crippen molar-refractivity contribution in [2.24, 2.45) is 0 Å². The van der Waals surface area contributed by atoms with E-state index in [1.54, 1.807) is 36.7 Å². The van der Waals surface area contributed by atoms with E-state index in [-0.39, 0.29) is 6.54 Å². The van der Waals surface area contributed by atoms with Crippen LogP contribution < -0.4 is 15.4 Å². The Morgan fingerprint density at radius 1 is 1.43 bits per heavy atom. The molecule has 0 radical (unpaired) electrons. The minimum atomic E-state index is -1.65. The van der Waals surface area contributed by atoms with Gasteiger partial charge < -0.3 is 15.4 Å². The van der Waals surface area contributed by atoms with E-state index in [0.29, 0.717) is 16.5 Å². The smallest absolute Gasteiger partial charge is 0.278 e. The normalized spacial score (nSPS) is 19.3. The Morgan fingerprint density at radius 3 is 3.00 bits per heavy atom. The SMILES string of the molecule is C[C@@]1(C(=O)NCc2cccnc2)Oc2ccc(Cl)cc2NC1=O. The molecule has 0 saturated carbocycles. The number of hydrogen-bond acceptors (Lipinski definition) is 4. The summed E-state index contributed by atoms with van der Waals surface area (Å²) in [7, 11) is 0. The van der Waals surface area contributed by atoms with Crippen LogP contribution in [0.25, 0.3) is 0 Å². The van der Waals surface area contributed by atoms with E-state index in [1.165, 1.54) is 6.92 Å². The number of hydrogen-bond donors (Lipinski definition) is 2. The molecule has 0 spiro atoms. The second kappa shape index (κ2) is 5.89. The summed E-state index contributed by atoms with van der Waals surface area (Å²) in [5.74, 6) is -0.677. The standard InChI is InChI=1S/C16H14ClN3O3/c1-16(14(21)19-9-10-3-2-6-18-8-10)15(22)20-12-7-11(17)4-5-13(12)23-16/h2-8H,9H2,1H3,(H,19,21)(H,20,22)/t16-/m0/s1. The van der Waals surface area contributed by atoms with Crippen LogP contribution in [0.4, 0.5) is 5.69 Å². The minimum absolute atomic E-state index is 0.256. The fourth-order valence-corrected chi connectivity index (χ4v) is 2.37. The van der Waals surface area contributed by atoms with E-state index in [1.807, 2.05) is 6.07 Å². The third kappa shape index (κ3) is 2.98. The van der Waals surface area contributed by atoms with E-state index in [0.717, 1.165) is 5.56 Å². The third-order valence-corrected chi connectivity index (χ3v) is 3.78. The summed E-state index contributed by atoms with van der Waals surface area (Å²) >= 11 is 5.88. The lowest BCUT2D eigenvalue weighted by Crippen LogP contribution is -2.58. The van der Waals surface area contributed by atoms with Crippen molar-refractivity contribution in [1.82, 2.24) is 10.3 Å². The largest absolute Gasteiger partial charge is 0.466 e. The molecule has 0 saturated heterocycles. The highest BCUT2D eigenvalue weighted by Crippen LogP contribution is 2.35. The van der Waals surface area contributed by atoms with Crippen molar-refractivity contribution in [3.63, 3.8) is 0 Å². The molecule has 0 fully saturated rings. The molecule has 2 N–H and O–H groups in total. The second-order valence-electron chi connectivity index (χ2n) is 5.27. The Labute approximate surface area is 137 Å². The number of anilines is 1. The summed E-state index contributed by atoms with van der Waals surface area (Å²) in [6.45, 7) is 1.69. The fraction of sp³-hybridized carbons (Fsp3) is 0.188. The van der Waals surface area contributed by atoms with Gasteiger partial charge in [0, 0.05) is 24.0 Å². The van der Waals surface area contributed by atoms with Crippen molar-refractivity contribution in [3.8, 4) is 5.75 Å². The Balaban J connectivity index is 1.77. The topological polar surface area (TPSA) is 80.3 Å². The number of benzene rings is 1. The fourth-order valence-electron chi connectivity index (χ4n) is 2.20. The first-order valence-electron chi connectivity index (χ1n) is 6.96. The highest BCUT2D eigenvalue weighted by atomic mass is 35.5. The van der Waals surface area contributed by atoms with Crippen LogP contribution in [0.1, 0.15) is 12.5 Å². The van der Waals surface area contributed by atoms with Crippen molar-refractivity contribution in [1.29, 1.82) is 0 Å². The zero-order valence-electron chi connectivity index (χ0n) is 12.3. The van der Waals surface area contributed by atoms with Gasteiger partial charge in [-0.15, -0.1) is 0 Å². The predicted molar refractivity (Wildman–Crippen MR) is 85.2 cm³/mol. The molecule has 1 aliphatic rings. The van der Waals surface area contributed by atoms with Gasteiger partial charge in [-0.05, 0) is 36.8 Å². The molecule has 2 amide bonds. The van der Waals surface area contributed by atoms with Crippen LogP contribution in [-0.4, -0.2) is 22.4 Å². The number of fused-ring (bicyclic) bond motifs is 1. The van der Waals surface area contributed by atoms with E-state index < -0.39 is 17.4 Å². The van der Waals surface area contributed by atoms with Crippen molar-refractivity contribution in [2.45, 2.75) is 19.1 Å². The Hall–Kier alpha value is -2.60. The van der Waals surface area contributed by atoms with Gasteiger partial charge in [0.05, 0.1) is 5.69 Å². The van der Waals surface area contributed by atoms with Crippen molar-refractivity contribution in [3.05, 3.63) is 53.3 Å². The van der Waals surface area contributed by atoms with Crippen LogP contribution in [0, 0.1) is 0 Å². The lowest BCUT2D eigenvalue weighted by atomic mass is 10.0. The van der Waals surface area contributed by atoms with E-state index in [9.17, 15) is 9.59 Å². The first-order chi connectivity index (χ1) is 11.0. The highest BCUT2D eigenvalue weighted by Gasteiger charge is 2.47. The molecule has 0 unspecified atom stereocenters. The van der Waals surface area contributed by atoms with Gasteiger partial charge in [0.25, 0.3) is 17.4 Å². The zero-order valence-corrected chi connectivity index (χ0v) is 13.1. The van der Waals surface area contributed by atoms with Crippen molar-refractivity contribution >= 4 is 29.1 Å². The number of pyridine rings is 1. The van der Waals surface area contributed by atoms with Crippen molar-refractivity contribution in [2.75, 3.05) is 5.32 Å². The van der Waals surface area contributed by atoms with Gasteiger partial charge in [0.15, 0.2) is 0 Å². The number of nitrogens with one attached hydrogen (secondary N) is 2. The maximum atomic E-state index is 12.4.